The lowest BCUT2D eigenvalue weighted by Gasteiger charge is -2.22. The molecule has 2 N–H and O–H groups in total. The highest BCUT2D eigenvalue weighted by atomic mass is 79.9. The molecule has 1 atom stereocenters. The van der Waals surface area contributed by atoms with Crippen molar-refractivity contribution in [2.45, 2.75) is 52.1 Å². The lowest BCUT2D eigenvalue weighted by atomic mass is 10.1. The number of nitrogens with two attached hydrogens (primary N) is 1. The number of rotatable bonds is 4. The van der Waals surface area contributed by atoms with Crippen LogP contribution in [0.25, 0.3) is 0 Å². The van der Waals surface area contributed by atoms with Crippen LogP contribution in [0.3, 0.4) is 0 Å². The number of ether oxygens (including phenoxy) is 1. The van der Waals surface area contributed by atoms with Gasteiger partial charge in [0.15, 0.2) is 0 Å². The van der Waals surface area contributed by atoms with Crippen molar-refractivity contribution in [3.05, 3.63) is 16.0 Å². The van der Waals surface area contributed by atoms with E-state index in [-0.39, 0.29) is 6.10 Å². The van der Waals surface area contributed by atoms with E-state index < -0.39 is 0 Å². The number of hydrogen-bond acceptors (Lipinski definition) is 4. The Bertz CT molecular complexity index is 431. The summed E-state index contributed by atoms with van der Waals surface area (Å²) >= 11 is 3.49. The van der Waals surface area contributed by atoms with Gasteiger partial charge in [0.25, 0.3) is 0 Å². The number of nitrogen functional groups attached to an aromatic ring is 1. The first kappa shape index (κ1) is 14.7. The molecule has 19 heavy (non-hydrogen) atoms. The van der Waals surface area contributed by atoms with Crippen LogP contribution in [0.5, 0.6) is 0 Å². The Morgan fingerprint density at radius 3 is 2.79 bits per heavy atom. The van der Waals surface area contributed by atoms with E-state index in [0.29, 0.717) is 11.7 Å². The smallest absolute Gasteiger partial charge is 0.141 e. The van der Waals surface area contributed by atoms with Crippen molar-refractivity contribution in [2.75, 3.05) is 12.3 Å². The minimum absolute atomic E-state index is 0.251. The van der Waals surface area contributed by atoms with Gasteiger partial charge in [-0.2, -0.15) is 0 Å². The first-order chi connectivity index (χ1) is 9.06. The Balaban J connectivity index is 2.13. The van der Waals surface area contributed by atoms with E-state index in [9.17, 15) is 0 Å². The molecule has 1 aliphatic rings. The summed E-state index contributed by atoms with van der Waals surface area (Å²) in [5.41, 5.74) is 6.97. The summed E-state index contributed by atoms with van der Waals surface area (Å²) in [5.74, 6) is 1.89. The second-order valence-electron chi connectivity index (χ2n) is 5.58. The standard InChI is InChI=1S/C14H22BrN3O/c1-9(2)7-11-13(15)14(16)18-12(17-11)8-10-5-3-4-6-19-10/h9-10H,3-8H2,1-2H3,(H2,16,17,18). The minimum atomic E-state index is 0.251. The van der Waals surface area contributed by atoms with Gasteiger partial charge in [-0.1, -0.05) is 13.8 Å². The van der Waals surface area contributed by atoms with Gasteiger partial charge in [0, 0.05) is 13.0 Å². The van der Waals surface area contributed by atoms with Gasteiger partial charge in [0.1, 0.15) is 11.6 Å². The van der Waals surface area contributed by atoms with Gasteiger partial charge in [-0.05, 0) is 47.5 Å². The Labute approximate surface area is 123 Å². The molecule has 0 aromatic carbocycles. The summed E-state index contributed by atoms with van der Waals surface area (Å²) in [5, 5.41) is 0. The van der Waals surface area contributed by atoms with E-state index in [2.05, 4.69) is 39.7 Å². The fraction of sp³-hybridized carbons (Fsp3) is 0.714. The normalized spacial score (nSPS) is 19.9. The zero-order chi connectivity index (χ0) is 13.8. The molecule has 0 spiro atoms. The van der Waals surface area contributed by atoms with Crippen LogP contribution in [0.4, 0.5) is 5.82 Å². The molecule has 0 aliphatic carbocycles. The average Bonchev–Trinajstić information content (AvgIpc) is 2.36. The summed E-state index contributed by atoms with van der Waals surface area (Å²) < 4.78 is 6.58. The summed E-state index contributed by atoms with van der Waals surface area (Å²) in [6, 6.07) is 0. The molecule has 0 radical (unpaired) electrons. The summed E-state index contributed by atoms with van der Waals surface area (Å²) in [6.45, 7) is 5.21. The van der Waals surface area contributed by atoms with Crippen molar-refractivity contribution in [3.8, 4) is 0 Å². The molecule has 4 nitrogen and oxygen atoms in total. The maximum absolute atomic E-state index is 5.96. The highest BCUT2D eigenvalue weighted by Crippen LogP contribution is 2.24. The van der Waals surface area contributed by atoms with E-state index in [1.165, 1.54) is 12.8 Å². The molecule has 1 fully saturated rings. The predicted molar refractivity (Wildman–Crippen MR) is 80.0 cm³/mol. The van der Waals surface area contributed by atoms with Crippen LogP contribution in [0.1, 0.15) is 44.6 Å². The molecule has 0 saturated carbocycles. The molecule has 5 heteroatoms. The molecule has 1 aromatic heterocycles. The average molecular weight is 328 g/mol. The van der Waals surface area contributed by atoms with Crippen LogP contribution in [0.2, 0.25) is 0 Å². The van der Waals surface area contributed by atoms with E-state index in [1.54, 1.807) is 0 Å². The Hall–Kier alpha value is -0.680. The molecule has 1 unspecified atom stereocenters. The first-order valence-electron chi connectivity index (χ1n) is 6.98. The van der Waals surface area contributed by atoms with Gasteiger partial charge in [0.05, 0.1) is 16.3 Å². The van der Waals surface area contributed by atoms with Crippen LogP contribution in [-0.2, 0) is 17.6 Å². The fourth-order valence-electron chi connectivity index (χ4n) is 2.35. The van der Waals surface area contributed by atoms with E-state index in [4.69, 9.17) is 10.5 Å². The van der Waals surface area contributed by atoms with Gasteiger partial charge in [-0.3, -0.25) is 0 Å². The molecular formula is C14H22BrN3O. The van der Waals surface area contributed by atoms with Crippen LogP contribution < -0.4 is 5.73 Å². The van der Waals surface area contributed by atoms with Gasteiger partial charge in [-0.25, -0.2) is 9.97 Å². The van der Waals surface area contributed by atoms with Gasteiger partial charge < -0.3 is 10.5 Å². The highest BCUT2D eigenvalue weighted by molar-refractivity contribution is 9.10. The quantitative estimate of drug-likeness (QED) is 0.922. The second kappa shape index (κ2) is 6.66. The molecule has 2 heterocycles. The third-order valence-electron chi connectivity index (χ3n) is 3.28. The van der Waals surface area contributed by atoms with E-state index in [0.717, 1.165) is 41.9 Å². The Morgan fingerprint density at radius 1 is 1.37 bits per heavy atom. The monoisotopic (exact) mass is 327 g/mol. The van der Waals surface area contributed by atoms with Gasteiger partial charge >= 0.3 is 0 Å². The first-order valence-corrected chi connectivity index (χ1v) is 7.78. The third kappa shape index (κ3) is 4.14. The lowest BCUT2D eigenvalue weighted by molar-refractivity contribution is 0.0156. The lowest BCUT2D eigenvalue weighted by Crippen LogP contribution is -2.23. The molecule has 1 aliphatic heterocycles. The molecule has 106 valence electrons. The van der Waals surface area contributed by atoms with Crippen molar-refractivity contribution in [3.63, 3.8) is 0 Å². The van der Waals surface area contributed by atoms with Crippen LogP contribution in [0.15, 0.2) is 4.47 Å². The zero-order valence-electron chi connectivity index (χ0n) is 11.7. The number of halogens is 1. The minimum Gasteiger partial charge on any atom is -0.383 e. The highest BCUT2D eigenvalue weighted by Gasteiger charge is 2.18. The number of nitrogens with zero attached hydrogens (tertiary/aromatic N) is 2. The maximum Gasteiger partial charge on any atom is 0.141 e. The van der Waals surface area contributed by atoms with Crippen molar-refractivity contribution in [2.24, 2.45) is 5.92 Å². The molecule has 1 saturated heterocycles. The Kier molecular flexibility index (Phi) is 5.16. The molecule has 2 rings (SSSR count). The molecule has 0 bridgehead atoms. The number of hydrogen-bond donors (Lipinski definition) is 1. The van der Waals surface area contributed by atoms with Crippen LogP contribution in [-0.4, -0.2) is 22.7 Å². The van der Waals surface area contributed by atoms with Crippen LogP contribution in [0, 0.1) is 5.92 Å². The topological polar surface area (TPSA) is 61.0 Å². The van der Waals surface area contributed by atoms with Gasteiger partial charge in [-0.15, -0.1) is 0 Å². The molecule has 0 amide bonds. The molecular weight excluding hydrogens is 306 g/mol. The summed E-state index contributed by atoms with van der Waals surface area (Å²) in [6.07, 6.45) is 5.42. The SMILES string of the molecule is CC(C)Cc1nc(CC2CCCCO2)nc(N)c1Br. The largest absolute Gasteiger partial charge is 0.383 e. The number of anilines is 1. The zero-order valence-corrected chi connectivity index (χ0v) is 13.2. The fourth-order valence-corrected chi connectivity index (χ4v) is 2.69. The van der Waals surface area contributed by atoms with E-state index >= 15 is 0 Å². The van der Waals surface area contributed by atoms with Crippen molar-refractivity contribution < 1.29 is 4.74 Å². The summed E-state index contributed by atoms with van der Waals surface area (Å²) in [7, 11) is 0. The van der Waals surface area contributed by atoms with E-state index in [1.807, 2.05) is 0 Å². The predicted octanol–water partition coefficient (Wildman–Crippen LogP) is 3.13. The van der Waals surface area contributed by atoms with Crippen molar-refractivity contribution >= 4 is 21.7 Å². The van der Waals surface area contributed by atoms with Gasteiger partial charge in [0.2, 0.25) is 0 Å². The third-order valence-corrected chi connectivity index (χ3v) is 4.14. The summed E-state index contributed by atoms with van der Waals surface area (Å²) in [4.78, 5) is 9.02. The number of aromatic nitrogens is 2. The van der Waals surface area contributed by atoms with Crippen molar-refractivity contribution in [1.82, 2.24) is 9.97 Å². The second-order valence-corrected chi connectivity index (χ2v) is 6.37. The Morgan fingerprint density at radius 2 is 2.16 bits per heavy atom. The molecule has 1 aromatic rings. The van der Waals surface area contributed by atoms with Crippen LogP contribution >= 0.6 is 15.9 Å². The van der Waals surface area contributed by atoms with Crippen molar-refractivity contribution in [1.29, 1.82) is 0 Å². The maximum atomic E-state index is 5.96.